The molecule has 0 atom stereocenters. The first kappa shape index (κ1) is 12.7. The normalized spacial score (nSPS) is 9.94. The van der Waals surface area contributed by atoms with E-state index < -0.39 is 0 Å². The number of benzene rings is 1. The van der Waals surface area contributed by atoms with Gasteiger partial charge < -0.3 is 4.90 Å². The molecule has 0 amide bonds. The van der Waals surface area contributed by atoms with Crippen molar-refractivity contribution in [3.63, 3.8) is 0 Å². The lowest BCUT2D eigenvalue weighted by molar-refractivity contribution is 0.783. The summed E-state index contributed by atoms with van der Waals surface area (Å²) in [5.41, 5.74) is 2.57. The first-order valence-electron chi connectivity index (χ1n) is 6.08. The molecule has 0 unspecified atom stereocenters. The largest absolute Gasteiger partial charge is 0.370 e. The number of thiophene rings is 1. The Kier molecular flexibility index (Phi) is 4.80. The lowest BCUT2D eigenvalue weighted by Gasteiger charge is -2.23. The third-order valence-corrected chi connectivity index (χ3v) is 3.60. The lowest BCUT2D eigenvalue weighted by atomic mass is 10.2. The van der Waals surface area contributed by atoms with Crippen LogP contribution in [0, 0.1) is 11.3 Å². The van der Waals surface area contributed by atoms with Crippen molar-refractivity contribution in [1.82, 2.24) is 0 Å². The van der Waals surface area contributed by atoms with Gasteiger partial charge in [0.25, 0.3) is 0 Å². The maximum absolute atomic E-state index is 8.74. The zero-order valence-corrected chi connectivity index (χ0v) is 11.1. The molecular formula is C15H16N2S. The molecule has 2 nitrogen and oxygen atoms in total. The summed E-state index contributed by atoms with van der Waals surface area (Å²) in [5, 5.41) is 13.0. The van der Waals surface area contributed by atoms with Crippen LogP contribution in [0.5, 0.6) is 0 Å². The van der Waals surface area contributed by atoms with Gasteiger partial charge in [-0.2, -0.15) is 16.6 Å². The molecular weight excluding hydrogens is 240 g/mol. The van der Waals surface area contributed by atoms with Crippen LogP contribution in [0.3, 0.4) is 0 Å². The number of hydrogen-bond acceptors (Lipinski definition) is 3. The molecule has 2 rings (SSSR count). The molecule has 18 heavy (non-hydrogen) atoms. The number of nitriles is 1. The summed E-state index contributed by atoms with van der Waals surface area (Å²) >= 11 is 1.73. The van der Waals surface area contributed by atoms with Crippen LogP contribution in [-0.4, -0.2) is 13.1 Å². The number of rotatable bonds is 6. The van der Waals surface area contributed by atoms with E-state index in [1.165, 1.54) is 11.3 Å². The summed E-state index contributed by atoms with van der Waals surface area (Å²) in [6.07, 6.45) is 1.60. The van der Waals surface area contributed by atoms with Crippen molar-refractivity contribution in [3.8, 4) is 6.07 Å². The quantitative estimate of drug-likeness (QED) is 0.787. The number of hydrogen-bond donors (Lipinski definition) is 0. The van der Waals surface area contributed by atoms with Gasteiger partial charge in [-0.25, -0.2) is 0 Å². The predicted molar refractivity (Wildman–Crippen MR) is 76.9 cm³/mol. The van der Waals surface area contributed by atoms with Crippen LogP contribution in [0.2, 0.25) is 0 Å². The monoisotopic (exact) mass is 256 g/mol. The minimum absolute atomic E-state index is 0.568. The van der Waals surface area contributed by atoms with Crippen molar-refractivity contribution in [1.29, 1.82) is 5.26 Å². The molecule has 0 fully saturated rings. The van der Waals surface area contributed by atoms with E-state index in [-0.39, 0.29) is 0 Å². The van der Waals surface area contributed by atoms with Gasteiger partial charge in [-0.05, 0) is 40.9 Å². The molecule has 1 aromatic heterocycles. The van der Waals surface area contributed by atoms with Crippen LogP contribution in [-0.2, 0) is 6.42 Å². The average Bonchev–Trinajstić information content (AvgIpc) is 2.93. The van der Waals surface area contributed by atoms with E-state index in [9.17, 15) is 0 Å². The van der Waals surface area contributed by atoms with Gasteiger partial charge in [0.05, 0.1) is 12.5 Å². The number of para-hydroxylation sites is 1. The van der Waals surface area contributed by atoms with Crippen molar-refractivity contribution in [3.05, 3.63) is 52.7 Å². The fourth-order valence-electron chi connectivity index (χ4n) is 1.89. The Morgan fingerprint density at radius 2 is 1.94 bits per heavy atom. The van der Waals surface area contributed by atoms with Gasteiger partial charge in [-0.1, -0.05) is 18.2 Å². The lowest BCUT2D eigenvalue weighted by Crippen LogP contribution is -2.26. The Morgan fingerprint density at radius 3 is 2.61 bits per heavy atom. The van der Waals surface area contributed by atoms with Crippen molar-refractivity contribution in [2.24, 2.45) is 0 Å². The van der Waals surface area contributed by atoms with Gasteiger partial charge in [0.2, 0.25) is 0 Å². The predicted octanol–water partition coefficient (Wildman–Crippen LogP) is 3.71. The molecule has 0 saturated carbocycles. The molecule has 0 N–H and O–H groups in total. The fourth-order valence-corrected chi connectivity index (χ4v) is 2.60. The maximum Gasteiger partial charge on any atom is 0.0640 e. The summed E-state index contributed by atoms with van der Waals surface area (Å²) in [5.74, 6) is 0. The third kappa shape index (κ3) is 3.61. The first-order chi connectivity index (χ1) is 8.90. The summed E-state index contributed by atoms with van der Waals surface area (Å²) in [4.78, 5) is 2.28. The van der Waals surface area contributed by atoms with Crippen molar-refractivity contribution < 1.29 is 0 Å². The minimum Gasteiger partial charge on any atom is -0.370 e. The van der Waals surface area contributed by atoms with E-state index in [1.54, 1.807) is 11.3 Å². The van der Waals surface area contributed by atoms with Crippen LogP contribution in [0.25, 0.3) is 0 Å². The molecule has 0 aliphatic carbocycles. The standard InChI is InChI=1S/C15H16N2S/c16-9-4-10-17(15-5-2-1-3-6-15)11-7-14-8-12-18-13-14/h1-3,5-6,8,12-13H,4,7,10-11H2. The van der Waals surface area contributed by atoms with Gasteiger partial charge in [0, 0.05) is 18.8 Å². The van der Waals surface area contributed by atoms with Gasteiger partial charge in [0.15, 0.2) is 0 Å². The Hall–Kier alpha value is -1.79. The van der Waals surface area contributed by atoms with Crippen LogP contribution >= 0.6 is 11.3 Å². The van der Waals surface area contributed by atoms with Gasteiger partial charge >= 0.3 is 0 Å². The molecule has 92 valence electrons. The Labute approximate surface area is 112 Å². The van der Waals surface area contributed by atoms with E-state index in [2.05, 4.69) is 39.9 Å². The van der Waals surface area contributed by atoms with Crippen molar-refractivity contribution in [2.45, 2.75) is 12.8 Å². The summed E-state index contributed by atoms with van der Waals surface area (Å²) in [6.45, 7) is 1.76. The second kappa shape index (κ2) is 6.83. The molecule has 0 aliphatic heterocycles. The molecule has 3 heteroatoms. The Balaban J connectivity index is 1.99. The van der Waals surface area contributed by atoms with E-state index in [1.807, 2.05) is 18.2 Å². The van der Waals surface area contributed by atoms with E-state index >= 15 is 0 Å². The highest BCUT2D eigenvalue weighted by atomic mass is 32.1. The van der Waals surface area contributed by atoms with Crippen LogP contribution in [0.1, 0.15) is 12.0 Å². The second-order valence-electron chi connectivity index (χ2n) is 4.11. The molecule has 1 heterocycles. The third-order valence-electron chi connectivity index (χ3n) is 2.87. The zero-order chi connectivity index (χ0) is 12.6. The minimum atomic E-state index is 0.568. The van der Waals surface area contributed by atoms with Gasteiger partial charge in [-0.15, -0.1) is 0 Å². The summed E-state index contributed by atoms with van der Waals surface area (Å²) in [7, 11) is 0. The van der Waals surface area contributed by atoms with Crippen LogP contribution < -0.4 is 4.90 Å². The highest BCUT2D eigenvalue weighted by Crippen LogP contribution is 2.15. The van der Waals surface area contributed by atoms with E-state index in [4.69, 9.17) is 5.26 Å². The van der Waals surface area contributed by atoms with E-state index in [0.29, 0.717) is 6.42 Å². The van der Waals surface area contributed by atoms with Crippen LogP contribution in [0.15, 0.2) is 47.2 Å². The smallest absolute Gasteiger partial charge is 0.0640 e. The first-order valence-corrected chi connectivity index (χ1v) is 7.02. The molecule has 0 spiro atoms. The zero-order valence-electron chi connectivity index (χ0n) is 10.2. The van der Waals surface area contributed by atoms with E-state index in [0.717, 1.165) is 19.5 Å². The van der Waals surface area contributed by atoms with Crippen molar-refractivity contribution in [2.75, 3.05) is 18.0 Å². The Bertz CT molecular complexity index is 485. The topological polar surface area (TPSA) is 27.0 Å². The SMILES string of the molecule is N#CCCN(CCc1ccsc1)c1ccccc1. The summed E-state index contributed by atoms with van der Waals surface area (Å²) in [6, 6.07) is 14.7. The second-order valence-corrected chi connectivity index (χ2v) is 4.89. The molecule has 0 aliphatic rings. The molecule has 2 aromatic rings. The number of nitrogens with zero attached hydrogens (tertiary/aromatic N) is 2. The maximum atomic E-state index is 8.74. The molecule has 0 radical (unpaired) electrons. The highest BCUT2D eigenvalue weighted by molar-refractivity contribution is 7.07. The van der Waals surface area contributed by atoms with Crippen molar-refractivity contribution >= 4 is 17.0 Å². The molecule has 0 bridgehead atoms. The van der Waals surface area contributed by atoms with Gasteiger partial charge in [0.1, 0.15) is 0 Å². The Morgan fingerprint density at radius 1 is 1.11 bits per heavy atom. The highest BCUT2D eigenvalue weighted by Gasteiger charge is 2.06. The summed E-state index contributed by atoms with van der Waals surface area (Å²) < 4.78 is 0. The van der Waals surface area contributed by atoms with Gasteiger partial charge in [-0.3, -0.25) is 0 Å². The molecule has 0 saturated heterocycles. The molecule has 1 aromatic carbocycles. The number of anilines is 1. The van der Waals surface area contributed by atoms with Crippen LogP contribution in [0.4, 0.5) is 5.69 Å². The average molecular weight is 256 g/mol. The fraction of sp³-hybridized carbons (Fsp3) is 0.267.